The Morgan fingerprint density at radius 3 is 2.62 bits per heavy atom. The van der Waals surface area contributed by atoms with E-state index in [0.717, 1.165) is 12.1 Å². The van der Waals surface area contributed by atoms with E-state index in [-0.39, 0.29) is 5.91 Å². The van der Waals surface area contributed by atoms with Crippen LogP contribution < -0.4 is 5.32 Å². The molecule has 0 radical (unpaired) electrons. The summed E-state index contributed by atoms with van der Waals surface area (Å²) < 4.78 is 0. The smallest absolute Gasteiger partial charge is 0.251 e. The molecule has 3 heteroatoms. The molecule has 0 aliphatic heterocycles. The van der Waals surface area contributed by atoms with Crippen molar-refractivity contribution in [1.82, 2.24) is 5.32 Å². The van der Waals surface area contributed by atoms with Gasteiger partial charge in [0.2, 0.25) is 0 Å². The Balaban J connectivity index is 1.92. The standard InChI is InChI=1S/C13H14N2O/c14-8-7-10-3-5-12(6-4-10)13(16)15-9-11-1-2-11/h3-6,11H,1-2,7,9H2,(H,15,16). The molecule has 16 heavy (non-hydrogen) atoms. The van der Waals surface area contributed by atoms with Gasteiger partial charge >= 0.3 is 0 Å². The zero-order valence-electron chi connectivity index (χ0n) is 9.07. The number of rotatable bonds is 4. The molecule has 82 valence electrons. The van der Waals surface area contributed by atoms with E-state index in [1.54, 1.807) is 12.1 Å². The Kier molecular flexibility index (Phi) is 3.21. The van der Waals surface area contributed by atoms with E-state index in [9.17, 15) is 4.79 Å². The fourth-order valence-corrected chi connectivity index (χ4v) is 1.53. The van der Waals surface area contributed by atoms with Crippen molar-refractivity contribution in [2.75, 3.05) is 6.54 Å². The van der Waals surface area contributed by atoms with Gasteiger partial charge in [-0.15, -0.1) is 0 Å². The van der Waals surface area contributed by atoms with Gasteiger partial charge in [0.25, 0.3) is 5.91 Å². The zero-order valence-corrected chi connectivity index (χ0v) is 9.07. The highest BCUT2D eigenvalue weighted by molar-refractivity contribution is 5.94. The van der Waals surface area contributed by atoms with E-state index in [2.05, 4.69) is 11.4 Å². The number of carbonyl (C=O) groups excluding carboxylic acids is 1. The van der Waals surface area contributed by atoms with Crippen molar-refractivity contribution in [3.8, 4) is 6.07 Å². The molecule has 1 fully saturated rings. The maximum Gasteiger partial charge on any atom is 0.251 e. The van der Waals surface area contributed by atoms with Gasteiger partial charge in [0.15, 0.2) is 0 Å². The second-order valence-corrected chi connectivity index (χ2v) is 4.19. The lowest BCUT2D eigenvalue weighted by molar-refractivity contribution is 0.0952. The maximum atomic E-state index is 11.7. The third-order valence-corrected chi connectivity index (χ3v) is 2.75. The molecule has 2 rings (SSSR count). The van der Waals surface area contributed by atoms with Crippen LogP contribution in [-0.4, -0.2) is 12.5 Å². The van der Waals surface area contributed by atoms with Crippen LogP contribution in [0.5, 0.6) is 0 Å². The summed E-state index contributed by atoms with van der Waals surface area (Å²) >= 11 is 0. The van der Waals surface area contributed by atoms with E-state index in [4.69, 9.17) is 5.26 Å². The normalized spacial score (nSPS) is 14.2. The largest absolute Gasteiger partial charge is 0.352 e. The molecule has 0 spiro atoms. The van der Waals surface area contributed by atoms with E-state index in [1.165, 1.54) is 12.8 Å². The van der Waals surface area contributed by atoms with Gasteiger partial charge in [-0.1, -0.05) is 12.1 Å². The number of carbonyl (C=O) groups is 1. The van der Waals surface area contributed by atoms with Crippen LogP contribution in [0.25, 0.3) is 0 Å². The fourth-order valence-electron chi connectivity index (χ4n) is 1.53. The first-order valence-corrected chi connectivity index (χ1v) is 5.53. The van der Waals surface area contributed by atoms with Crippen LogP contribution >= 0.6 is 0 Å². The third kappa shape index (κ3) is 2.83. The van der Waals surface area contributed by atoms with Crippen molar-refractivity contribution >= 4 is 5.91 Å². The van der Waals surface area contributed by atoms with Crippen LogP contribution in [0.1, 0.15) is 28.8 Å². The summed E-state index contributed by atoms with van der Waals surface area (Å²) in [6.07, 6.45) is 2.87. The van der Waals surface area contributed by atoms with Gasteiger partial charge in [0.1, 0.15) is 0 Å². The molecule has 1 aromatic carbocycles. The minimum Gasteiger partial charge on any atom is -0.352 e. The number of nitrogens with one attached hydrogen (secondary N) is 1. The van der Waals surface area contributed by atoms with Crippen LogP contribution in [0.15, 0.2) is 24.3 Å². The van der Waals surface area contributed by atoms with Gasteiger partial charge in [0.05, 0.1) is 12.5 Å². The Morgan fingerprint density at radius 2 is 2.06 bits per heavy atom. The average Bonchev–Trinajstić information content (AvgIpc) is 3.11. The lowest BCUT2D eigenvalue weighted by Crippen LogP contribution is -2.25. The molecule has 1 amide bonds. The molecule has 0 aromatic heterocycles. The SMILES string of the molecule is N#CCc1ccc(C(=O)NCC2CC2)cc1. The molecule has 0 atom stereocenters. The minimum atomic E-state index is -0.0181. The molecule has 0 unspecified atom stereocenters. The number of hydrogen-bond acceptors (Lipinski definition) is 2. The maximum absolute atomic E-state index is 11.7. The molecule has 1 aliphatic rings. The van der Waals surface area contributed by atoms with Gasteiger partial charge in [-0.25, -0.2) is 0 Å². The highest BCUT2D eigenvalue weighted by atomic mass is 16.1. The highest BCUT2D eigenvalue weighted by Crippen LogP contribution is 2.27. The Morgan fingerprint density at radius 1 is 1.38 bits per heavy atom. The summed E-state index contributed by atoms with van der Waals surface area (Å²) in [5.41, 5.74) is 1.61. The number of hydrogen-bond donors (Lipinski definition) is 1. The summed E-state index contributed by atoms with van der Waals surface area (Å²) in [5, 5.41) is 11.4. The fraction of sp³-hybridized carbons (Fsp3) is 0.385. The molecule has 0 bridgehead atoms. The third-order valence-electron chi connectivity index (χ3n) is 2.75. The summed E-state index contributed by atoms with van der Waals surface area (Å²) in [6.45, 7) is 0.790. The van der Waals surface area contributed by atoms with Crippen LogP contribution in [-0.2, 0) is 6.42 Å². The molecule has 1 aromatic rings. The zero-order chi connectivity index (χ0) is 11.4. The summed E-state index contributed by atoms with van der Waals surface area (Å²) in [4.78, 5) is 11.7. The van der Waals surface area contributed by atoms with Gasteiger partial charge in [-0.3, -0.25) is 4.79 Å². The first kappa shape index (κ1) is 10.7. The molecule has 1 aliphatic carbocycles. The van der Waals surface area contributed by atoms with E-state index in [0.29, 0.717) is 17.9 Å². The predicted molar refractivity (Wildman–Crippen MR) is 60.8 cm³/mol. The minimum absolute atomic E-state index is 0.0181. The Labute approximate surface area is 95.1 Å². The second-order valence-electron chi connectivity index (χ2n) is 4.19. The van der Waals surface area contributed by atoms with Crippen LogP contribution in [0.2, 0.25) is 0 Å². The van der Waals surface area contributed by atoms with Crippen molar-refractivity contribution in [1.29, 1.82) is 5.26 Å². The van der Waals surface area contributed by atoms with Gasteiger partial charge < -0.3 is 5.32 Å². The van der Waals surface area contributed by atoms with E-state index >= 15 is 0 Å². The topological polar surface area (TPSA) is 52.9 Å². The summed E-state index contributed by atoms with van der Waals surface area (Å²) in [7, 11) is 0. The number of nitrogens with zero attached hydrogens (tertiary/aromatic N) is 1. The van der Waals surface area contributed by atoms with Gasteiger partial charge in [0, 0.05) is 12.1 Å². The molecule has 3 nitrogen and oxygen atoms in total. The Hall–Kier alpha value is -1.82. The second kappa shape index (κ2) is 4.80. The van der Waals surface area contributed by atoms with E-state index < -0.39 is 0 Å². The van der Waals surface area contributed by atoms with Crippen molar-refractivity contribution in [2.24, 2.45) is 5.92 Å². The number of benzene rings is 1. The lowest BCUT2D eigenvalue weighted by atomic mass is 10.1. The van der Waals surface area contributed by atoms with Crippen LogP contribution in [0.3, 0.4) is 0 Å². The molecule has 1 saturated carbocycles. The molecule has 1 N–H and O–H groups in total. The van der Waals surface area contributed by atoms with Crippen molar-refractivity contribution in [3.05, 3.63) is 35.4 Å². The Bertz CT molecular complexity index is 413. The quantitative estimate of drug-likeness (QED) is 0.832. The predicted octanol–water partition coefficient (Wildman–Crippen LogP) is 1.89. The first-order chi connectivity index (χ1) is 7.79. The van der Waals surface area contributed by atoms with E-state index in [1.807, 2.05) is 12.1 Å². The number of amides is 1. The molecular weight excluding hydrogens is 200 g/mol. The van der Waals surface area contributed by atoms with Crippen LogP contribution in [0, 0.1) is 17.2 Å². The lowest BCUT2D eigenvalue weighted by Gasteiger charge is -2.04. The van der Waals surface area contributed by atoms with Gasteiger partial charge in [-0.2, -0.15) is 5.26 Å². The van der Waals surface area contributed by atoms with Crippen molar-refractivity contribution in [3.63, 3.8) is 0 Å². The highest BCUT2D eigenvalue weighted by Gasteiger charge is 2.21. The number of nitriles is 1. The molecular formula is C13H14N2O. The monoisotopic (exact) mass is 214 g/mol. The first-order valence-electron chi connectivity index (χ1n) is 5.53. The molecule has 0 heterocycles. The van der Waals surface area contributed by atoms with Crippen molar-refractivity contribution < 1.29 is 4.79 Å². The molecule has 0 saturated heterocycles. The van der Waals surface area contributed by atoms with Crippen LogP contribution in [0.4, 0.5) is 0 Å². The summed E-state index contributed by atoms with van der Waals surface area (Å²) in [5.74, 6) is 0.678. The summed E-state index contributed by atoms with van der Waals surface area (Å²) in [6, 6.07) is 9.28. The average molecular weight is 214 g/mol. The van der Waals surface area contributed by atoms with Gasteiger partial charge in [-0.05, 0) is 36.5 Å². The van der Waals surface area contributed by atoms with Crippen molar-refractivity contribution in [2.45, 2.75) is 19.3 Å².